The number of amides is 1. The number of carbonyl (C=O) groups excluding carboxylic acids is 2. The average Bonchev–Trinajstić information content (AvgIpc) is 2.64. The van der Waals surface area contributed by atoms with Gasteiger partial charge in [0.1, 0.15) is 5.75 Å². The highest BCUT2D eigenvalue weighted by molar-refractivity contribution is 7.90. The predicted molar refractivity (Wildman–Crippen MR) is 101 cm³/mol. The number of esters is 1. The van der Waals surface area contributed by atoms with Gasteiger partial charge in [-0.15, -0.1) is 0 Å². The number of para-hydroxylation sites is 1. The van der Waals surface area contributed by atoms with Crippen LogP contribution in [0, 0.1) is 0 Å². The maximum atomic E-state index is 12.0. The molecule has 2 rings (SSSR count). The summed E-state index contributed by atoms with van der Waals surface area (Å²) in [5.74, 6) is -0.658. The topological polar surface area (TPSA) is 98.8 Å². The van der Waals surface area contributed by atoms with E-state index in [0.717, 1.165) is 12.7 Å². The Morgan fingerprint density at radius 2 is 1.70 bits per heavy atom. The van der Waals surface area contributed by atoms with Crippen molar-refractivity contribution < 1.29 is 27.5 Å². The van der Waals surface area contributed by atoms with E-state index in [1.165, 1.54) is 12.1 Å². The second kappa shape index (κ2) is 9.18. The number of sulfone groups is 1. The van der Waals surface area contributed by atoms with Crippen molar-refractivity contribution in [3.8, 4) is 5.75 Å². The summed E-state index contributed by atoms with van der Waals surface area (Å²) < 4.78 is 33.9. The third-order valence-corrected chi connectivity index (χ3v) is 4.61. The third-order valence-electron chi connectivity index (χ3n) is 3.46. The molecule has 2 aromatic carbocycles. The van der Waals surface area contributed by atoms with Crippen molar-refractivity contribution in [2.24, 2.45) is 0 Å². The molecule has 0 fully saturated rings. The first-order valence-corrected chi connectivity index (χ1v) is 10.2. The summed E-state index contributed by atoms with van der Waals surface area (Å²) in [5, 5.41) is 2.44. The lowest BCUT2D eigenvalue weighted by Crippen LogP contribution is -2.22. The molecule has 0 unspecified atom stereocenters. The van der Waals surface area contributed by atoms with E-state index < -0.39 is 28.3 Å². The van der Waals surface area contributed by atoms with Crippen molar-refractivity contribution in [3.05, 3.63) is 54.1 Å². The van der Waals surface area contributed by atoms with E-state index in [2.05, 4.69) is 5.32 Å². The van der Waals surface area contributed by atoms with Crippen LogP contribution in [0.4, 0.5) is 5.69 Å². The Bertz CT molecular complexity index is 906. The molecule has 8 heteroatoms. The van der Waals surface area contributed by atoms with Crippen molar-refractivity contribution in [3.63, 3.8) is 0 Å². The van der Waals surface area contributed by atoms with E-state index in [9.17, 15) is 18.0 Å². The Balaban J connectivity index is 1.93. The number of ether oxygens (including phenoxy) is 2. The smallest absolute Gasteiger partial charge is 0.338 e. The summed E-state index contributed by atoms with van der Waals surface area (Å²) in [7, 11) is -3.50. The minimum absolute atomic E-state index is 0.00709. The fourth-order valence-electron chi connectivity index (χ4n) is 2.20. The number of hydrogen-bond acceptors (Lipinski definition) is 6. The number of hydrogen-bond donors (Lipinski definition) is 1. The molecule has 0 saturated heterocycles. The van der Waals surface area contributed by atoms with Gasteiger partial charge in [0.15, 0.2) is 16.4 Å². The van der Waals surface area contributed by atoms with Crippen LogP contribution in [0.15, 0.2) is 53.4 Å². The Morgan fingerprint density at radius 1 is 1.04 bits per heavy atom. The molecule has 0 aromatic heterocycles. The van der Waals surface area contributed by atoms with Gasteiger partial charge < -0.3 is 14.8 Å². The Kier molecular flexibility index (Phi) is 6.95. The van der Waals surface area contributed by atoms with Gasteiger partial charge in [-0.3, -0.25) is 4.79 Å². The molecule has 2 aromatic rings. The maximum absolute atomic E-state index is 12.0. The van der Waals surface area contributed by atoms with Gasteiger partial charge in [0.2, 0.25) is 0 Å². The van der Waals surface area contributed by atoms with E-state index in [-0.39, 0.29) is 16.1 Å². The fourth-order valence-corrected chi connectivity index (χ4v) is 3.05. The summed E-state index contributed by atoms with van der Waals surface area (Å²) in [6, 6.07) is 12.4. The number of nitrogens with one attached hydrogen (secondary N) is 1. The molecule has 0 radical (unpaired) electrons. The second-order valence-electron chi connectivity index (χ2n) is 5.77. The maximum Gasteiger partial charge on any atom is 0.338 e. The van der Waals surface area contributed by atoms with Crippen molar-refractivity contribution >= 4 is 27.4 Å². The first-order valence-electron chi connectivity index (χ1n) is 8.30. The standard InChI is InChI=1S/C19H21NO6S/c1-3-12-25-15-10-8-14(9-11-15)19(22)26-13-18(21)20-16-6-4-5-7-17(16)27(2,23)24/h4-11H,3,12-13H2,1-2H3,(H,20,21). The number of carbonyl (C=O) groups is 2. The van der Waals surface area contributed by atoms with E-state index >= 15 is 0 Å². The second-order valence-corrected chi connectivity index (χ2v) is 7.75. The molecule has 144 valence electrons. The number of rotatable bonds is 8. The van der Waals surface area contributed by atoms with Crippen LogP contribution >= 0.6 is 0 Å². The van der Waals surface area contributed by atoms with Gasteiger partial charge in [0, 0.05) is 6.26 Å². The zero-order valence-electron chi connectivity index (χ0n) is 15.1. The molecule has 7 nitrogen and oxygen atoms in total. The first-order chi connectivity index (χ1) is 12.8. The average molecular weight is 391 g/mol. The monoisotopic (exact) mass is 391 g/mol. The molecule has 27 heavy (non-hydrogen) atoms. The molecule has 0 bridgehead atoms. The van der Waals surface area contributed by atoms with E-state index in [1.54, 1.807) is 36.4 Å². The lowest BCUT2D eigenvalue weighted by molar-refractivity contribution is -0.119. The number of anilines is 1. The Hall–Kier alpha value is -2.87. The van der Waals surface area contributed by atoms with Gasteiger partial charge in [-0.25, -0.2) is 13.2 Å². The van der Waals surface area contributed by atoms with Gasteiger partial charge in [0.05, 0.1) is 22.8 Å². The minimum Gasteiger partial charge on any atom is -0.494 e. The molecular weight excluding hydrogens is 370 g/mol. The number of benzene rings is 2. The van der Waals surface area contributed by atoms with Gasteiger partial charge in [-0.2, -0.15) is 0 Å². The quantitative estimate of drug-likeness (QED) is 0.695. The van der Waals surface area contributed by atoms with Crippen molar-refractivity contribution in [1.82, 2.24) is 0 Å². The Morgan fingerprint density at radius 3 is 2.33 bits per heavy atom. The lowest BCUT2D eigenvalue weighted by atomic mass is 10.2. The summed E-state index contributed by atoms with van der Waals surface area (Å²) in [4.78, 5) is 24.0. The zero-order valence-corrected chi connectivity index (χ0v) is 15.9. The van der Waals surface area contributed by atoms with Crippen LogP contribution in [-0.2, 0) is 19.4 Å². The molecule has 0 heterocycles. The summed E-state index contributed by atoms with van der Waals surface area (Å²) in [5.41, 5.74) is 0.418. The van der Waals surface area contributed by atoms with Crippen molar-refractivity contribution in [2.75, 3.05) is 24.8 Å². The van der Waals surface area contributed by atoms with Crippen LogP contribution in [0.5, 0.6) is 5.75 Å². The van der Waals surface area contributed by atoms with Crippen molar-refractivity contribution in [1.29, 1.82) is 0 Å². The zero-order chi connectivity index (χ0) is 19.9. The highest BCUT2D eigenvalue weighted by Crippen LogP contribution is 2.20. The fraction of sp³-hybridized carbons (Fsp3) is 0.263. The first kappa shape index (κ1) is 20.4. The minimum atomic E-state index is -3.50. The van der Waals surface area contributed by atoms with Crippen LogP contribution in [0.1, 0.15) is 23.7 Å². The normalized spacial score (nSPS) is 10.9. The van der Waals surface area contributed by atoms with E-state index in [0.29, 0.717) is 12.4 Å². The molecule has 0 aliphatic rings. The SMILES string of the molecule is CCCOc1ccc(C(=O)OCC(=O)Nc2ccccc2S(C)(=O)=O)cc1. The van der Waals surface area contributed by atoms with E-state index in [4.69, 9.17) is 9.47 Å². The van der Waals surface area contributed by atoms with Crippen molar-refractivity contribution in [2.45, 2.75) is 18.2 Å². The highest BCUT2D eigenvalue weighted by Gasteiger charge is 2.16. The summed E-state index contributed by atoms with van der Waals surface area (Å²) in [6.45, 7) is 2.04. The molecule has 1 N–H and O–H groups in total. The molecule has 1 amide bonds. The molecule has 0 atom stereocenters. The van der Waals surface area contributed by atoms with Gasteiger partial charge >= 0.3 is 5.97 Å². The molecule has 0 saturated carbocycles. The van der Waals surface area contributed by atoms with Crippen LogP contribution in [-0.4, -0.2) is 39.8 Å². The van der Waals surface area contributed by atoms with Gasteiger partial charge in [0.25, 0.3) is 5.91 Å². The van der Waals surface area contributed by atoms with E-state index in [1.807, 2.05) is 6.92 Å². The van der Waals surface area contributed by atoms with Crippen LogP contribution in [0.3, 0.4) is 0 Å². The van der Waals surface area contributed by atoms with Crippen LogP contribution < -0.4 is 10.1 Å². The van der Waals surface area contributed by atoms with Crippen LogP contribution in [0.25, 0.3) is 0 Å². The summed E-state index contributed by atoms with van der Waals surface area (Å²) >= 11 is 0. The molecule has 0 aliphatic heterocycles. The Labute approximate surface area is 158 Å². The van der Waals surface area contributed by atoms with Crippen LogP contribution in [0.2, 0.25) is 0 Å². The van der Waals surface area contributed by atoms with Gasteiger partial charge in [-0.05, 0) is 42.8 Å². The van der Waals surface area contributed by atoms with Gasteiger partial charge in [-0.1, -0.05) is 19.1 Å². The highest BCUT2D eigenvalue weighted by atomic mass is 32.2. The predicted octanol–water partition coefficient (Wildman–Crippen LogP) is 2.67. The summed E-state index contributed by atoms with van der Waals surface area (Å²) in [6.07, 6.45) is 1.92. The molecule has 0 aliphatic carbocycles. The third kappa shape index (κ3) is 6.10. The molecular formula is C19H21NO6S. The largest absolute Gasteiger partial charge is 0.494 e. The lowest BCUT2D eigenvalue weighted by Gasteiger charge is -2.10. The molecule has 0 spiro atoms.